The summed E-state index contributed by atoms with van der Waals surface area (Å²) >= 11 is 0. The Morgan fingerprint density at radius 3 is 2.25 bits per heavy atom. The molecule has 0 aliphatic heterocycles. The molecule has 4 N–H and O–H groups in total. The molecule has 7 nitrogen and oxygen atoms in total. The molecule has 0 fully saturated rings. The quantitative estimate of drug-likeness (QED) is 0.290. The lowest BCUT2D eigenvalue weighted by molar-refractivity contribution is -0.131. The third-order valence-corrected chi connectivity index (χ3v) is 2.61. The Bertz CT molecular complexity index is 562. The molecule has 0 aliphatic rings. The molecule has 0 amide bonds. The number of hydrogen-bond acceptors (Lipinski definition) is 5. The van der Waals surface area contributed by atoms with E-state index >= 15 is 0 Å². The van der Waals surface area contributed by atoms with Crippen LogP contribution in [0.3, 0.4) is 0 Å². The van der Waals surface area contributed by atoms with Crippen LogP contribution < -0.4 is 5.73 Å². The molecule has 0 bridgehead atoms. The SMILES string of the molecule is Nc1ccc(S(=O)(=O)O)cc1C(=O)C(=O)O. The van der Waals surface area contributed by atoms with Gasteiger partial charge in [0.1, 0.15) is 0 Å². The highest BCUT2D eigenvalue weighted by molar-refractivity contribution is 7.85. The van der Waals surface area contributed by atoms with Crippen molar-refractivity contribution < 1.29 is 27.7 Å². The number of aliphatic carboxylic acids is 1. The zero-order valence-corrected chi connectivity index (χ0v) is 8.56. The van der Waals surface area contributed by atoms with Crippen molar-refractivity contribution >= 4 is 27.6 Å². The second-order valence-electron chi connectivity index (χ2n) is 2.86. The van der Waals surface area contributed by atoms with Crippen LogP contribution in [-0.4, -0.2) is 29.8 Å². The van der Waals surface area contributed by atoms with Gasteiger partial charge in [-0.15, -0.1) is 0 Å². The summed E-state index contributed by atoms with van der Waals surface area (Å²) in [5.41, 5.74) is 4.65. The molecule has 8 heteroatoms. The second kappa shape index (κ2) is 3.91. The molecule has 0 saturated carbocycles. The van der Waals surface area contributed by atoms with Gasteiger partial charge >= 0.3 is 5.97 Å². The highest BCUT2D eigenvalue weighted by atomic mass is 32.2. The van der Waals surface area contributed by atoms with Crippen molar-refractivity contribution in [3.8, 4) is 0 Å². The summed E-state index contributed by atoms with van der Waals surface area (Å²) in [5.74, 6) is -3.11. The fourth-order valence-electron chi connectivity index (χ4n) is 1.01. The maximum atomic E-state index is 11.1. The predicted octanol–water partition coefficient (Wildman–Crippen LogP) is -0.217. The number of ketones is 1. The number of carboxylic acid groups (broad SMARTS) is 1. The molecule has 0 heterocycles. The first-order valence-corrected chi connectivity index (χ1v) is 5.32. The first-order valence-electron chi connectivity index (χ1n) is 3.88. The minimum absolute atomic E-state index is 0.181. The number of nitrogens with two attached hydrogens (primary N) is 1. The fourth-order valence-corrected chi connectivity index (χ4v) is 1.51. The Kier molecular flexibility index (Phi) is 2.97. The van der Waals surface area contributed by atoms with E-state index in [4.69, 9.17) is 15.4 Å². The van der Waals surface area contributed by atoms with Gasteiger partial charge in [-0.1, -0.05) is 0 Å². The van der Waals surface area contributed by atoms with Crippen molar-refractivity contribution in [2.24, 2.45) is 0 Å². The molecule has 0 atom stereocenters. The molecule has 0 unspecified atom stereocenters. The molecule has 0 aliphatic carbocycles. The smallest absolute Gasteiger partial charge is 0.377 e. The van der Waals surface area contributed by atoms with E-state index in [1.54, 1.807) is 0 Å². The third-order valence-electron chi connectivity index (χ3n) is 1.76. The van der Waals surface area contributed by atoms with Crippen LogP contribution in [-0.2, 0) is 14.9 Å². The van der Waals surface area contributed by atoms with Crippen LogP contribution in [0.1, 0.15) is 10.4 Å². The summed E-state index contributed by atoms with van der Waals surface area (Å²) in [6.07, 6.45) is 0. The van der Waals surface area contributed by atoms with Gasteiger partial charge in [0, 0.05) is 5.69 Å². The second-order valence-corrected chi connectivity index (χ2v) is 4.28. The standard InChI is InChI=1S/C8H7NO6S/c9-6-2-1-4(16(13,14)15)3-5(6)7(10)8(11)12/h1-3H,9H2,(H,11,12)(H,13,14,15). The molecular formula is C8H7NO6S. The largest absolute Gasteiger partial charge is 0.475 e. The van der Waals surface area contributed by atoms with E-state index in [1.807, 2.05) is 0 Å². The van der Waals surface area contributed by atoms with Gasteiger partial charge in [0.15, 0.2) is 0 Å². The number of hydrogen-bond donors (Lipinski definition) is 3. The van der Waals surface area contributed by atoms with Gasteiger partial charge in [0.25, 0.3) is 15.9 Å². The van der Waals surface area contributed by atoms with E-state index in [9.17, 15) is 18.0 Å². The summed E-state index contributed by atoms with van der Waals surface area (Å²) in [7, 11) is -4.50. The van der Waals surface area contributed by atoms with Gasteiger partial charge in [-0.3, -0.25) is 9.35 Å². The summed E-state index contributed by atoms with van der Waals surface area (Å²) in [5, 5.41) is 8.44. The van der Waals surface area contributed by atoms with Gasteiger partial charge in [0.2, 0.25) is 0 Å². The molecular weight excluding hydrogens is 238 g/mol. The summed E-state index contributed by atoms with van der Waals surface area (Å²) < 4.78 is 30.2. The molecule has 0 spiro atoms. The number of nitrogen functional groups attached to an aromatic ring is 1. The van der Waals surface area contributed by atoms with Crippen LogP contribution in [0.5, 0.6) is 0 Å². The fraction of sp³-hybridized carbons (Fsp3) is 0. The highest BCUT2D eigenvalue weighted by Crippen LogP contribution is 2.18. The lowest BCUT2D eigenvalue weighted by Crippen LogP contribution is -2.15. The molecule has 0 saturated heterocycles. The summed E-state index contributed by atoms with van der Waals surface area (Å²) in [4.78, 5) is 20.9. The highest BCUT2D eigenvalue weighted by Gasteiger charge is 2.20. The number of rotatable bonds is 3. The number of anilines is 1. The summed E-state index contributed by atoms with van der Waals surface area (Å²) in [6, 6.07) is 2.70. The Hall–Kier alpha value is -1.93. The Labute approximate surface area is 90.2 Å². The van der Waals surface area contributed by atoms with Crippen molar-refractivity contribution in [1.29, 1.82) is 0 Å². The molecule has 1 rings (SSSR count). The maximum absolute atomic E-state index is 11.1. The van der Waals surface area contributed by atoms with E-state index < -0.39 is 32.3 Å². The molecule has 86 valence electrons. The Balaban J connectivity index is 3.41. The Morgan fingerprint density at radius 2 is 1.81 bits per heavy atom. The van der Waals surface area contributed by atoms with Crippen LogP contribution in [0.2, 0.25) is 0 Å². The molecule has 0 radical (unpaired) electrons. The normalized spacial score (nSPS) is 11.1. The van der Waals surface area contributed by atoms with E-state index in [2.05, 4.69) is 0 Å². The predicted molar refractivity (Wildman–Crippen MR) is 52.6 cm³/mol. The van der Waals surface area contributed by atoms with Crippen LogP contribution in [0.15, 0.2) is 23.1 Å². The molecule has 0 aromatic heterocycles. The Morgan fingerprint density at radius 1 is 1.25 bits per heavy atom. The monoisotopic (exact) mass is 245 g/mol. The average molecular weight is 245 g/mol. The summed E-state index contributed by atoms with van der Waals surface area (Å²) in [6.45, 7) is 0. The van der Waals surface area contributed by atoms with Gasteiger partial charge in [-0.2, -0.15) is 8.42 Å². The van der Waals surface area contributed by atoms with Crippen molar-refractivity contribution in [2.45, 2.75) is 4.90 Å². The van der Waals surface area contributed by atoms with Crippen LogP contribution in [0.4, 0.5) is 5.69 Å². The number of benzene rings is 1. The van der Waals surface area contributed by atoms with Crippen LogP contribution >= 0.6 is 0 Å². The van der Waals surface area contributed by atoms with E-state index in [-0.39, 0.29) is 5.69 Å². The molecule has 1 aromatic carbocycles. The van der Waals surface area contributed by atoms with Crippen LogP contribution in [0.25, 0.3) is 0 Å². The van der Waals surface area contributed by atoms with E-state index in [0.717, 1.165) is 12.1 Å². The van der Waals surface area contributed by atoms with E-state index in [1.165, 1.54) is 0 Å². The topological polar surface area (TPSA) is 135 Å². The van der Waals surface area contributed by atoms with Crippen molar-refractivity contribution in [1.82, 2.24) is 0 Å². The minimum Gasteiger partial charge on any atom is -0.475 e. The van der Waals surface area contributed by atoms with Crippen molar-refractivity contribution in [2.75, 3.05) is 5.73 Å². The lowest BCUT2D eigenvalue weighted by atomic mass is 10.1. The third kappa shape index (κ3) is 2.35. The van der Waals surface area contributed by atoms with Gasteiger partial charge in [-0.25, -0.2) is 4.79 Å². The number of carbonyl (C=O) groups is 2. The zero-order valence-electron chi connectivity index (χ0n) is 7.75. The number of carbonyl (C=O) groups excluding carboxylic acids is 1. The van der Waals surface area contributed by atoms with Crippen molar-refractivity contribution in [3.63, 3.8) is 0 Å². The number of carboxylic acids is 1. The average Bonchev–Trinajstić information content (AvgIpc) is 2.15. The maximum Gasteiger partial charge on any atom is 0.377 e. The zero-order chi connectivity index (χ0) is 12.5. The van der Waals surface area contributed by atoms with E-state index in [0.29, 0.717) is 6.07 Å². The number of Topliss-reactive ketones (excluding diaryl/α,β-unsaturated/α-hetero) is 1. The first-order chi connectivity index (χ1) is 7.23. The van der Waals surface area contributed by atoms with Gasteiger partial charge < -0.3 is 10.8 Å². The van der Waals surface area contributed by atoms with Gasteiger partial charge in [0.05, 0.1) is 10.5 Å². The molecule has 1 aromatic rings. The lowest BCUT2D eigenvalue weighted by Gasteiger charge is -2.03. The van der Waals surface area contributed by atoms with Gasteiger partial charge in [-0.05, 0) is 18.2 Å². The first kappa shape index (κ1) is 12.1. The molecule has 16 heavy (non-hydrogen) atoms. The minimum atomic E-state index is -4.50. The van der Waals surface area contributed by atoms with Crippen LogP contribution in [0, 0.1) is 0 Å². The van der Waals surface area contributed by atoms with Crippen molar-refractivity contribution in [3.05, 3.63) is 23.8 Å².